The Morgan fingerprint density at radius 1 is 1.12 bits per heavy atom. The van der Waals surface area contributed by atoms with Gasteiger partial charge >= 0.3 is 35.6 Å². The molecule has 0 nitrogen and oxygen atoms in total. The molecule has 3 rings (SSSR count). The predicted molar refractivity (Wildman–Crippen MR) is 119 cm³/mol. The standard InChI is InChI=1S/C17H24P.C5H5.2ClH.Ti/c1-13(2)11-18(12-14(3)4)17-9-15-7-5-6-8-16(15)10-17;1-2-4-5-3-1;;;/h5-10,13-14H,11-12H2,1-4H3;1-3H,4H2;2*1H;/q2*-1;;;+2/p-2. The Morgan fingerprint density at radius 2 is 1.73 bits per heavy atom. The average molecular weight is 443 g/mol. The van der Waals surface area contributed by atoms with E-state index >= 15 is 0 Å². The van der Waals surface area contributed by atoms with Crippen LogP contribution in [0, 0.1) is 17.9 Å². The number of benzene rings is 1. The summed E-state index contributed by atoms with van der Waals surface area (Å²) in [6.45, 7) is 9.38. The van der Waals surface area contributed by atoms with Gasteiger partial charge in [0.15, 0.2) is 0 Å². The number of hydrogen-bond acceptors (Lipinski definition) is 0. The normalized spacial score (nSPS) is 12.3. The summed E-state index contributed by atoms with van der Waals surface area (Å²) >= 11 is -0.556. The molecule has 0 saturated carbocycles. The molecule has 142 valence electrons. The third-order valence-electron chi connectivity index (χ3n) is 3.72. The summed E-state index contributed by atoms with van der Waals surface area (Å²) in [5, 5.41) is 4.42. The Hall–Kier alpha value is 0.0343. The molecule has 0 saturated heterocycles. The molecule has 0 unspecified atom stereocenters. The van der Waals surface area contributed by atoms with Gasteiger partial charge in [0.25, 0.3) is 0 Å². The van der Waals surface area contributed by atoms with Crippen LogP contribution in [0.25, 0.3) is 10.8 Å². The summed E-state index contributed by atoms with van der Waals surface area (Å²) < 4.78 is 0. The van der Waals surface area contributed by atoms with Gasteiger partial charge in [-0.15, -0.1) is 46.8 Å². The van der Waals surface area contributed by atoms with Gasteiger partial charge in [-0.2, -0.15) is 12.1 Å². The molecular weight excluding hydrogens is 414 g/mol. The van der Waals surface area contributed by atoms with Gasteiger partial charge in [-0.25, -0.2) is 12.2 Å². The van der Waals surface area contributed by atoms with E-state index in [9.17, 15) is 0 Å². The molecule has 1 aliphatic carbocycles. The van der Waals surface area contributed by atoms with Crippen molar-refractivity contribution in [1.82, 2.24) is 0 Å². The molecule has 0 spiro atoms. The van der Waals surface area contributed by atoms with E-state index in [0.29, 0.717) is 0 Å². The molecule has 0 aromatic heterocycles. The Balaban J connectivity index is 0.000000351. The number of fused-ring (bicyclic) bond motifs is 1. The van der Waals surface area contributed by atoms with Crippen LogP contribution < -0.4 is 5.30 Å². The van der Waals surface area contributed by atoms with E-state index in [0.717, 1.165) is 18.3 Å². The molecule has 0 radical (unpaired) electrons. The number of allylic oxidation sites excluding steroid dienone is 4. The maximum absolute atomic E-state index is 4.89. The van der Waals surface area contributed by atoms with Gasteiger partial charge in [-0.3, -0.25) is 6.08 Å². The van der Waals surface area contributed by atoms with Crippen molar-refractivity contribution in [2.75, 3.05) is 12.3 Å². The first-order chi connectivity index (χ1) is 12.5. The molecule has 0 amide bonds. The van der Waals surface area contributed by atoms with Crippen molar-refractivity contribution < 1.29 is 17.0 Å². The SMILES string of the molecule is CC(C)CP(CC(C)C)c1cc2ccccc2[cH-]1.[C-]1=CC=CC1.[Cl][Ti][Cl]. The van der Waals surface area contributed by atoms with Crippen LogP contribution in [0.1, 0.15) is 34.1 Å². The van der Waals surface area contributed by atoms with E-state index in [1.165, 1.54) is 23.1 Å². The van der Waals surface area contributed by atoms with Gasteiger partial charge < -0.3 is 0 Å². The van der Waals surface area contributed by atoms with E-state index < -0.39 is 17.0 Å². The van der Waals surface area contributed by atoms with Crippen molar-refractivity contribution >= 4 is 42.6 Å². The Morgan fingerprint density at radius 3 is 2.15 bits per heavy atom. The van der Waals surface area contributed by atoms with Crippen molar-refractivity contribution in [2.45, 2.75) is 34.1 Å². The second-order valence-electron chi connectivity index (χ2n) is 7.11. The summed E-state index contributed by atoms with van der Waals surface area (Å²) in [6, 6.07) is 13.6. The Kier molecular flexibility index (Phi) is 13.0. The molecule has 2 aromatic carbocycles. The molecule has 2 aromatic rings. The zero-order valence-corrected chi connectivity index (χ0v) is 20.1. The van der Waals surface area contributed by atoms with Crippen LogP contribution in [-0.2, 0) is 17.0 Å². The first kappa shape index (κ1) is 24.1. The first-order valence-corrected chi connectivity index (χ1v) is 15.1. The fourth-order valence-electron chi connectivity index (χ4n) is 2.82. The summed E-state index contributed by atoms with van der Waals surface area (Å²) in [7, 11) is 9.80. The van der Waals surface area contributed by atoms with Gasteiger partial charge in [0.2, 0.25) is 0 Å². The molecule has 0 fully saturated rings. The molecule has 0 N–H and O–H groups in total. The van der Waals surface area contributed by atoms with E-state index in [4.69, 9.17) is 18.6 Å². The van der Waals surface area contributed by atoms with Gasteiger partial charge in [0.1, 0.15) is 0 Å². The van der Waals surface area contributed by atoms with Crippen LogP contribution in [0.3, 0.4) is 0 Å². The van der Waals surface area contributed by atoms with Crippen molar-refractivity contribution in [1.29, 1.82) is 0 Å². The summed E-state index contributed by atoms with van der Waals surface area (Å²) in [5.74, 6) is 1.60. The zero-order chi connectivity index (χ0) is 19.4. The van der Waals surface area contributed by atoms with E-state index in [2.05, 4.69) is 76.2 Å². The molecule has 0 atom stereocenters. The van der Waals surface area contributed by atoms with Crippen LogP contribution in [0.4, 0.5) is 0 Å². The molecule has 0 aliphatic heterocycles. The summed E-state index contributed by atoms with van der Waals surface area (Å²) in [5.41, 5.74) is 0. The summed E-state index contributed by atoms with van der Waals surface area (Å²) in [6.07, 6.45) is 12.7. The minimum atomic E-state index is -0.556. The van der Waals surface area contributed by atoms with Crippen LogP contribution in [-0.4, -0.2) is 12.3 Å². The zero-order valence-electron chi connectivity index (χ0n) is 16.2. The fraction of sp³-hybridized carbons (Fsp3) is 0.409. The molecule has 0 heterocycles. The molecule has 0 bridgehead atoms. The topological polar surface area (TPSA) is 0 Å². The van der Waals surface area contributed by atoms with Crippen LogP contribution in [0.15, 0.2) is 54.6 Å². The Bertz CT molecular complexity index is 621. The minimum absolute atomic E-state index is 0.0185. The predicted octanol–water partition coefficient (Wildman–Crippen LogP) is 7.66. The Labute approximate surface area is 177 Å². The molecular formula is C22H29Cl2PTi-2. The van der Waals surface area contributed by atoms with E-state index in [1.807, 2.05) is 12.2 Å². The number of halogens is 2. The summed E-state index contributed by atoms with van der Waals surface area (Å²) in [4.78, 5) is 0. The number of rotatable bonds is 5. The van der Waals surface area contributed by atoms with Gasteiger partial charge in [0, 0.05) is 0 Å². The maximum atomic E-state index is 4.89. The van der Waals surface area contributed by atoms with E-state index in [-0.39, 0.29) is 7.92 Å². The van der Waals surface area contributed by atoms with Gasteiger partial charge in [0.05, 0.1) is 0 Å². The monoisotopic (exact) mass is 442 g/mol. The van der Waals surface area contributed by atoms with Crippen molar-refractivity contribution in [2.24, 2.45) is 11.8 Å². The molecule has 1 aliphatic rings. The van der Waals surface area contributed by atoms with Crippen molar-refractivity contribution in [3.63, 3.8) is 0 Å². The third kappa shape index (κ3) is 9.82. The fourth-order valence-corrected chi connectivity index (χ4v) is 5.80. The quantitative estimate of drug-likeness (QED) is 0.253. The first-order valence-electron chi connectivity index (χ1n) is 9.06. The van der Waals surface area contributed by atoms with E-state index in [1.54, 1.807) is 5.30 Å². The van der Waals surface area contributed by atoms with Gasteiger partial charge in [-0.1, -0.05) is 41.7 Å². The van der Waals surface area contributed by atoms with Crippen LogP contribution in [0.5, 0.6) is 0 Å². The number of hydrogen-bond donors (Lipinski definition) is 0. The van der Waals surface area contributed by atoms with Crippen LogP contribution >= 0.6 is 26.5 Å². The second-order valence-corrected chi connectivity index (χ2v) is 12.0. The molecule has 26 heavy (non-hydrogen) atoms. The van der Waals surface area contributed by atoms with Crippen LogP contribution in [0.2, 0.25) is 0 Å². The average Bonchev–Trinajstić information content (AvgIpc) is 3.27. The second kappa shape index (κ2) is 14.1. The third-order valence-corrected chi connectivity index (χ3v) is 7.06. The molecule has 4 heteroatoms. The van der Waals surface area contributed by atoms with Gasteiger partial charge in [-0.05, 0) is 24.2 Å². The van der Waals surface area contributed by atoms with Crippen molar-refractivity contribution in [3.05, 3.63) is 60.7 Å². The van der Waals surface area contributed by atoms with Crippen molar-refractivity contribution in [3.8, 4) is 0 Å².